The van der Waals surface area contributed by atoms with E-state index in [1.807, 2.05) is 41.3 Å². The van der Waals surface area contributed by atoms with Crippen LogP contribution in [0.25, 0.3) is 17.0 Å². The van der Waals surface area contributed by atoms with E-state index < -0.39 is 0 Å². The lowest BCUT2D eigenvalue weighted by Crippen LogP contribution is -2.36. The van der Waals surface area contributed by atoms with Gasteiger partial charge in [0.2, 0.25) is 5.91 Å². The Kier molecular flexibility index (Phi) is 2.99. The van der Waals surface area contributed by atoms with Crippen molar-refractivity contribution in [1.29, 1.82) is 0 Å². The van der Waals surface area contributed by atoms with Crippen molar-refractivity contribution in [3.63, 3.8) is 0 Å². The van der Waals surface area contributed by atoms with Gasteiger partial charge in [-0.2, -0.15) is 0 Å². The fourth-order valence-corrected chi connectivity index (χ4v) is 3.71. The SMILES string of the molecule is O=C(/C=C/c1ccnc2ccccc12)N1CC2CCC1C2. The van der Waals surface area contributed by atoms with Crippen LogP contribution in [0, 0.1) is 5.92 Å². The van der Waals surface area contributed by atoms with Gasteiger partial charge in [-0.1, -0.05) is 18.2 Å². The van der Waals surface area contributed by atoms with Crippen LogP contribution in [0.1, 0.15) is 24.8 Å². The highest BCUT2D eigenvalue weighted by atomic mass is 16.2. The Hall–Kier alpha value is -2.16. The molecule has 21 heavy (non-hydrogen) atoms. The number of aromatic nitrogens is 1. The lowest BCUT2D eigenvalue weighted by Gasteiger charge is -2.25. The molecule has 0 N–H and O–H groups in total. The highest BCUT2D eigenvalue weighted by Crippen LogP contribution is 2.37. The number of carbonyl (C=O) groups excluding carboxylic acids is 1. The van der Waals surface area contributed by atoms with Gasteiger partial charge in [-0.15, -0.1) is 0 Å². The second-order valence-electron chi connectivity index (χ2n) is 6.07. The highest BCUT2D eigenvalue weighted by Gasteiger charge is 2.39. The average Bonchev–Trinajstić information content (AvgIpc) is 3.15. The molecule has 3 nitrogen and oxygen atoms in total. The largest absolute Gasteiger partial charge is 0.336 e. The molecule has 1 aromatic heterocycles. The zero-order valence-electron chi connectivity index (χ0n) is 11.9. The van der Waals surface area contributed by atoms with Crippen molar-refractivity contribution in [3.8, 4) is 0 Å². The first kappa shape index (κ1) is 12.6. The van der Waals surface area contributed by atoms with E-state index in [0.717, 1.165) is 28.9 Å². The molecular formula is C18H18N2O. The topological polar surface area (TPSA) is 33.2 Å². The van der Waals surface area contributed by atoms with Crippen LogP contribution >= 0.6 is 0 Å². The first-order chi connectivity index (χ1) is 10.3. The molecule has 2 unspecified atom stereocenters. The third kappa shape index (κ3) is 2.23. The number of carbonyl (C=O) groups is 1. The summed E-state index contributed by atoms with van der Waals surface area (Å²) in [5, 5.41) is 1.09. The van der Waals surface area contributed by atoms with Crippen LogP contribution in [-0.4, -0.2) is 28.4 Å². The summed E-state index contributed by atoms with van der Waals surface area (Å²) < 4.78 is 0. The van der Waals surface area contributed by atoms with Crippen LogP contribution < -0.4 is 0 Å². The fourth-order valence-electron chi connectivity index (χ4n) is 3.71. The van der Waals surface area contributed by atoms with E-state index in [2.05, 4.69) is 4.98 Å². The highest BCUT2D eigenvalue weighted by molar-refractivity contribution is 5.96. The molecule has 1 aliphatic heterocycles. The number of benzene rings is 1. The van der Waals surface area contributed by atoms with Crippen molar-refractivity contribution < 1.29 is 4.79 Å². The van der Waals surface area contributed by atoms with E-state index >= 15 is 0 Å². The van der Waals surface area contributed by atoms with E-state index in [9.17, 15) is 4.79 Å². The van der Waals surface area contributed by atoms with Crippen LogP contribution in [-0.2, 0) is 4.79 Å². The molecular weight excluding hydrogens is 260 g/mol. The zero-order valence-corrected chi connectivity index (χ0v) is 11.9. The van der Waals surface area contributed by atoms with Crippen LogP contribution in [0.15, 0.2) is 42.6 Å². The second kappa shape index (κ2) is 4.99. The Morgan fingerprint density at radius 1 is 1.24 bits per heavy atom. The molecule has 2 atom stereocenters. The van der Waals surface area contributed by atoms with Crippen molar-refractivity contribution in [2.45, 2.75) is 25.3 Å². The fraction of sp³-hybridized carbons (Fsp3) is 0.333. The molecule has 3 heteroatoms. The summed E-state index contributed by atoms with van der Waals surface area (Å²) in [5.74, 6) is 0.900. The Morgan fingerprint density at radius 2 is 2.14 bits per heavy atom. The third-order valence-electron chi connectivity index (χ3n) is 4.78. The van der Waals surface area contributed by atoms with E-state index in [0.29, 0.717) is 6.04 Å². The molecule has 106 valence electrons. The van der Waals surface area contributed by atoms with Crippen LogP contribution in [0.5, 0.6) is 0 Å². The summed E-state index contributed by atoms with van der Waals surface area (Å²) in [6.45, 7) is 0.949. The maximum absolute atomic E-state index is 12.4. The van der Waals surface area contributed by atoms with Crippen LogP contribution in [0.2, 0.25) is 0 Å². The Bertz CT molecular complexity index is 717. The zero-order chi connectivity index (χ0) is 14.2. The molecule has 2 heterocycles. The molecule has 0 spiro atoms. The van der Waals surface area contributed by atoms with Crippen LogP contribution in [0.4, 0.5) is 0 Å². The quantitative estimate of drug-likeness (QED) is 0.790. The number of rotatable bonds is 2. The monoisotopic (exact) mass is 278 g/mol. The van der Waals surface area contributed by atoms with Crippen molar-refractivity contribution >= 4 is 22.9 Å². The van der Waals surface area contributed by atoms with E-state index in [1.54, 1.807) is 12.3 Å². The molecule has 4 rings (SSSR count). The first-order valence-electron chi connectivity index (χ1n) is 7.64. The molecule has 1 aliphatic carbocycles. The molecule has 2 aliphatic rings. The summed E-state index contributed by atoms with van der Waals surface area (Å²) in [6.07, 6.45) is 9.14. The number of piperidine rings is 1. The number of hydrogen-bond acceptors (Lipinski definition) is 2. The molecule has 2 bridgehead atoms. The molecule has 0 radical (unpaired) electrons. The standard InChI is InChI=1S/C18H18N2O/c21-18(20-12-13-5-7-15(20)11-13)8-6-14-9-10-19-17-4-2-1-3-16(14)17/h1-4,6,8-10,13,15H,5,7,11-12H2/b8-6+. The van der Waals surface area contributed by atoms with E-state index in [4.69, 9.17) is 0 Å². The smallest absolute Gasteiger partial charge is 0.246 e. The number of pyridine rings is 1. The number of fused-ring (bicyclic) bond motifs is 3. The minimum atomic E-state index is 0.156. The van der Waals surface area contributed by atoms with Gasteiger partial charge in [-0.05, 0) is 49.0 Å². The molecule has 1 amide bonds. The maximum Gasteiger partial charge on any atom is 0.246 e. The lowest BCUT2D eigenvalue weighted by atomic mass is 10.1. The molecule has 2 fully saturated rings. The van der Waals surface area contributed by atoms with Gasteiger partial charge in [-0.3, -0.25) is 9.78 Å². The number of para-hydroxylation sites is 1. The Morgan fingerprint density at radius 3 is 2.95 bits per heavy atom. The van der Waals surface area contributed by atoms with Gasteiger partial charge < -0.3 is 4.90 Å². The van der Waals surface area contributed by atoms with Gasteiger partial charge in [0, 0.05) is 30.2 Å². The van der Waals surface area contributed by atoms with Crippen molar-refractivity contribution in [1.82, 2.24) is 9.88 Å². The summed E-state index contributed by atoms with van der Waals surface area (Å²) in [4.78, 5) is 18.8. The normalized spacial score (nSPS) is 24.3. The van der Waals surface area contributed by atoms with Gasteiger partial charge in [0.15, 0.2) is 0 Å². The predicted molar refractivity (Wildman–Crippen MR) is 83.6 cm³/mol. The van der Waals surface area contributed by atoms with Gasteiger partial charge in [0.25, 0.3) is 0 Å². The van der Waals surface area contributed by atoms with Gasteiger partial charge in [0.05, 0.1) is 5.52 Å². The number of hydrogen-bond donors (Lipinski definition) is 0. The lowest BCUT2D eigenvalue weighted by molar-refractivity contribution is -0.127. The second-order valence-corrected chi connectivity index (χ2v) is 6.07. The molecule has 1 saturated heterocycles. The summed E-state index contributed by atoms with van der Waals surface area (Å²) in [7, 11) is 0. The van der Waals surface area contributed by atoms with Crippen molar-refractivity contribution in [2.75, 3.05) is 6.54 Å². The van der Waals surface area contributed by atoms with Gasteiger partial charge in [-0.25, -0.2) is 0 Å². The summed E-state index contributed by atoms with van der Waals surface area (Å²) >= 11 is 0. The number of likely N-dealkylation sites (tertiary alicyclic amines) is 1. The van der Waals surface area contributed by atoms with Crippen molar-refractivity contribution in [3.05, 3.63) is 48.2 Å². The van der Waals surface area contributed by atoms with Crippen LogP contribution in [0.3, 0.4) is 0 Å². The van der Waals surface area contributed by atoms with E-state index in [1.165, 1.54) is 19.3 Å². The molecule has 1 saturated carbocycles. The van der Waals surface area contributed by atoms with Gasteiger partial charge in [0.1, 0.15) is 0 Å². The number of nitrogens with zero attached hydrogens (tertiary/aromatic N) is 2. The van der Waals surface area contributed by atoms with Crippen molar-refractivity contribution in [2.24, 2.45) is 5.92 Å². The minimum Gasteiger partial charge on any atom is -0.336 e. The third-order valence-corrected chi connectivity index (χ3v) is 4.78. The minimum absolute atomic E-state index is 0.156. The van der Waals surface area contributed by atoms with E-state index in [-0.39, 0.29) is 5.91 Å². The van der Waals surface area contributed by atoms with Gasteiger partial charge >= 0.3 is 0 Å². The number of amides is 1. The summed E-state index contributed by atoms with van der Waals surface area (Å²) in [6, 6.07) is 10.5. The predicted octanol–water partition coefficient (Wildman–Crippen LogP) is 3.26. The molecule has 2 aromatic rings. The average molecular weight is 278 g/mol. The summed E-state index contributed by atoms with van der Waals surface area (Å²) in [5.41, 5.74) is 2.02. The maximum atomic E-state index is 12.4. The Labute approximate surface area is 124 Å². The Balaban J connectivity index is 1.58. The first-order valence-corrected chi connectivity index (χ1v) is 7.64. The molecule has 1 aromatic carbocycles.